The van der Waals surface area contributed by atoms with Crippen LogP contribution >= 0.6 is 0 Å². The van der Waals surface area contributed by atoms with Gasteiger partial charge in [-0.05, 0) is 53.9 Å². The van der Waals surface area contributed by atoms with E-state index in [2.05, 4.69) is 74.5 Å². The van der Waals surface area contributed by atoms with Crippen molar-refractivity contribution in [2.75, 3.05) is 6.61 Å². The van der Waals surface area contributed by atoms with Crippen LogP contribution in [0.25, 0.3) is 11.1 Å². The van der Waals surface area contributed by atoms with Gasteiger partial charge in [-0.25, -0.2) is 0 Å². The Balaban J connectivity index is 1.51. The fraction of sp³-hybridized carbons (Fsp3) is 0.444. The van der Waals surface area contributed by atoms with Crippen molar-refractivity contribution in [1.82, 2.24) is 0 Å². The molecule has 2 aromatic carbocycles. The molecule has 0 heterocycles. The highest BCUT2D eigenvalue weighted by Crippen LogP contribution is 2.45. The molecule has 152 valence electrons. The van der Waals surface area contributed by atoms with Crippen LogP contribution in [-0.4, -0.2) is 12.6 Å². The van der Waals surface area contributed by atoms with Crippen molar-refractivity contribution >= 4 is 5.97 Å². The number of benzene rings is 2. The number of hydrogen-bond acceptors (Lipinski definition) is 2. The van der Waals surface area contributed by atoms with Crippen molar-refractivity contribution in [2.45, 2.75) is 51.9 Å². The predicted molar refractivity (Wildman–Crippen MR) is 119 cm³/mol. The average molecular weight is 389 g/mol. The molecule has 3 atom stereocenters. The molecule has 1 fully saturated rings. The molecule has 2 heteroatoms. The van der Waals surface area contributed by atoms with Gasteiger partial charge >= 0.3 is 5.97 Å². The topological polar surface area (TPSA) is 26.3 Å². The van der Waals surface area contributed by atoms with Crippen molar-refractivity contribution in [3.63, 3.8) is 0 Å². The third-order valence-electron chi connectivity index (χ3n) is 6.97. The summed E-state index contributed by atoms with van der Waals surface area (Å²) in [7, 11) is 0. The van der Waals surface area contributed by atoms with E-state index in [4.69, 9.17) is 4.74 Å². The predicted octanol–water partition coefficient (Wildman–Crippen LogP) is 6.75. The Morgan fingerprint density at radius 2 is 1.62 bits per heavy atom. The zero-order valence-electron chi connectivity index (χ0n) is 17.6. The van der Waals surface area contributed by atoms with Gasteiger partial charge in [0.1, 0.15) is 6.61 Å². The van der Waals surface area contributed by atoms with E-state index < -0.39 is 0 Å². The molecular weight excluding hydrogens is 356 g/mol. The Morgan fingerprint density at radius 1 is 1.00 bits per heavy atom. The van der Waals surface area contributed by atoms with Gasteiger partial charge < -0.3 is 4.74 Å². The third-order valence-corrected chi connectivity index (χ3v) is 6.97. The summed E-state index contributed by atoms with van der Waals surface area (Å²) in [6.45, 7) is 4.81. The van der Waals surface area contributed by atoms with Gasteiger partial charge in [-0.2, -0.15) is 0 Å². The van der Waals surface area contributed by atoms with Crippen LogP contribution in [0.3, 0.4) is 0 Å². The van der Waals surface area contributed by atoms with E-state index >= 15 is 0 Å². The number of carbonyl (C=O) groups is 1. The highest BCUT2D eigenvalue weighted by molar-refractivity contribution is 5.79. The van der Waals surface area contributed by atoms with Crippen molar-refractivity contribution in [3.05, 3.63) is 71.8 Å². The fourth-order valence-corrected chi connectivity index (χ4v) is 5.35. The molecule has 0 N–H and O–H groups in total. The summed E-state index contributed by atoms with van der Waals surface area (Å²) >= 11 is 0. The van der Waals surface area contributed by atoms with Crippen molar-refractivity contribution in [3.8, 4) is 11.1 Å². The van der Waals surface area contributed by atoms with E-state index in [9.17, 15) is 4.79 Å². The normalized spacial score (nSPS) is 24.1. The van der Waals surface area contributed by atoms with Crippen molar-refractivity contribution in [2.24, 2.45) is 17.8 Å². The van der Waals surface area contributed by atoms with Crippen LogP contribution < -0.4 is 0 Å². The number of allylic oxidation sites excluding steroid dienone is 2. The Bertz CT molecular complexity index is 836. The lowest BCUT2D eigenvalue weighted by Crippen LogP contribution is -2.29. The molecule has 2 aliphatic carbocycles. The first kappa shape index (κ1) is 19.9. The molecule has 2 aromatic rings. The number of hydrogen-bond donors (Lipinski definition) is 0. The molecule has 0 spiro atoms. The summed E-state index contributed by atoms with van der Waals surface area (Å²) in [5.74, 6) is 1.14. The molecule has 0 amide bonds. The van der Waals surface area contributed by atoms with Gasteiger partial charge in [0.2, 0.25) is 0 Å². The highest BCUT2D eigenvalue weighted by atomic mass is 16.5. The molecule has 0 saturated heterocycles. The standard InChI is InChI=1S/C27H32O2/c1-3-4-12-20-19(2)11-5-6-17-25(20)27(28)29-18-26-23-15-9-7-13-21(23)22-14-8-10-16-24(22)26/h3-4,7-10,13-16,19-20,25-26H,5-6,11-12,17-18H2,1-2H3. The lowest BCUT2D eigenvalue weighted by molar-refractivity contribution is -0.151. The first-order chi connectivity index (χ1) is 14.2. The smallest absolute Gasteiger partial charge is 0.309 e. The SMILES string of the molecule is CC=CCC1C(C)CCCCC1C(=O)OCC1c2ccccc2-c2ccccc21. The van der Waals surface area contributed by atoms with Crippen molar-refractivity contribution in [1.29, 1.82) is 0 Å². The number of esters is 1. The van der Waals surface area contributed by atoms with Gasteiger partial charge in [0.15, 0.2) is 0 Å². The Kier molecular flexibility index (Phi) is 6.18. The second kappa shape index (κ2) is 8.98. The van der Waals surface area contributed by atoms with E-state index in [1.807, 2.05) is 0 Å². The van der Waals surface area contributed by atoms with Crippen LogP contribution in [0, 0.1) is 17.8 Å². The minimum Gasteiger partial charge on any atom is -0.464 e. The largest absolute Gasteiger partial charge is 0.464 e. The van der Waals surface area contributed by atoms with Gasteiger partial charge in [0, 0.05) is 5.92 Å². The molecule has 0 aliphatic heterocycles. The first-order valence-electron chi connectivity index (χ1n) is 11.2. The number of carbonyl (C=O) groups excluding carboxylic acids is 1. The van der Waals surface area contributed by atoms with Crippen LogP contribution in [0.1, 0.15) is 63.0 Å². The van der Waals surface area contributed by atoms with E-state index in [0.717, 1.165) is 19.3 Å². The monoisotopic (exact) mass is 388 g/mol. The van der Waals surface area contributed by atoms with Gasteiger partial charge in [0.25, 0.3) is 0 Å². The molecule has 1 saturated carbocycles. The molecule has 0 radical (unpaired) electrons. The van der Waals surface area contributed by atoms with Crippen LogP contribution in [0.4, 0.5) is 0 Å². The summed E-state index contributed by atoms with van der Waals surface area (Å²) in [5, 5.41) is 0. The Morgan fingerprint density at radius 3 is 2.28 bits per heavy atom. The molecule has 4 rings (SSSR count). The van der Waals surface area contributed by atoms with Crippen molar-refractivity contribution < 1.29 is 9.53 Å². The Hall–Kier alpha value is -2.35. The molecule has 2 nitrogen and oxygen atoms in total. The third kappa shape index (κ3) is 4.03. The van der Waals surface area contributed by atoms with E-state index in [1.165, 1.54) is 35.1 Å². The maximum absolute atomic E-state index is 13.2. The maximum atomic E-state index is 13.2. The van der Waals surface area contributed by atoms with Crippen LogP contribution in [0.2, 0.25) is 0 Å². The van der Waals surface area contributed by atoms with E-state index in [1.54, 1.807) is 0 Å². The second-order valence-corrected chi connectivity index (χ2v) is 8.69. The van der Waals surface area contributed by atoms with E-state index in [0.29, 0.717) is 18.4 Å². The van der Waals surface area contributed by atoms with Gasteiger partial charge in [0.05, 0.1) is 5.92 Å². The first-order valence-corrected chi connectivity index (χ1v) is 11.2. The summed E-state index contributed by atoms with van der Waals surface area (Å²) < 4.78 is 6.03. The summed E-state index contributed by atoms with van der Waals surface area (Å²) in [6, 6.07) is 17.0. The quantitative estimate of drug-likeness (QED) is 0.322. The van der Waals surface area contributed by atoms with Gasteiger partial charge in [-0.1, -0.05) is 86.9 Å². The average Bonchev–Trinajstić information content (AvgIpc) is 2.94. The summed E-state index contributed by atoms with van der Waals surface area (Å²) in [5.41, 5.74) is 5.11. The number of rotatable bonds is 5. The molecule has 3 unspecified atom stereocenters. The molecule has 2 aliphatic rings. The summed E-state index contributed by atoms with van der Waals surface area (Å²) in [4.78, 5) is 13.2. The van der Waals surface area contributed by atoms with Gasteiger partial charge in [-0.3, -0.25) is 4.79 Å². The lowest BCUT2D eigenvalue weighted by atomic mass is 9.79. The van der Waals surface area contributed by atoms with Crippen LogP contribution in [-0.2, 0) is 9.53 Å². The zero-order chi connectivity index (χ0) is 20.2. The van der Waals surface area contributed by atoms with E-state index in [-0.39, 0.29) is 17.8 Å². The molecule has 0 aromatic heterocycles. The second-order valence-electron chi connectivity index (χ2n) is 8.69. The highest BCUT2D eigenvalue weighted by Gasteiger charge is 2.35. The molecule has 0 bridgehead atoms. The number of fused-ring (bicyclic) bond motifs is 3. The zero-order valence-corrected chi connectivity index (χ0v) is 17.6. The lowest BCUT2D eigenvalue weighted by Gasteiger charge is -2.28. The van der Waals surface area contributed by atoms with Gasteiger partial charge in [-0.15, -0.1) is 0 Å². The van der Waals surface area contributed by atoms with Crippen LogP contribution in [0.15, 0.2) is 60.7 Å². The minimum atomic E-state index is 0.00937. The fourth-order valence-electron chi connectivity index (χ4n) is 5.35. The molecular formula is C27H32O2. The Labute approximate surface area is 175 Å². The van der Waals surface area contributed by atoms with Crippen LogP contribution in [0.5, 0.6) is 0 Å². The minimum absolute atomic E-state index is 0.00937. The maximum Gasteiger partial charge on any atom is 0.309 e. The number of ether oxygens (including phenoxy) is 1. The summed E-state index contributed by atoms with van der Waals surface area (Å²) in [6.07, 6.45) is 9.83. The molecule has 29 heavy (non-hydrogen) atoms.